The van der Waals surface area contributed by atoms with E-state index >= 15 is 0 Å². The maximum atomic E-state index is 5.44. The Bertz CT molecular complexity index is 959. The molecular weight excluding hydrogens is 390 g/mol. The minimum absolute atomic E-state index is 0.578. The molecule has 0 aliphatic rings. The highest BCUT2D eigenvalue weighted by Gasteiger charge is 2.14. The first-order chi connectivity index (χ1) is 15.1. The second-order valence-electron chi connectivity index (χ2n) is 7.33. The van der Waals surface area contributed by atoms with Crippen molar-refractivity contribution in [1.82, 2.24) is 20.4 Å². The van der Waals surface area contributed by atoms with Gasteiger partial charge in [-0.1, -0.05) is 26.0 Å². The smallest absolute Gasteiger partial charge is 0.191 e. The molecule has 0 radical (unpaired) electrons. The SMILES string of the molecule is CCc1nn(C)c(CC)c1CNC(=NCc1ccc(OC)cc1)NCCc1ccco1. The van der Waals surface area contributed by atoms with E-state index < -0.39 is 0 Å². The Balaban J connectivity index is 1.69. The number of aryl methyl sites for hydroxylation is 2. The number of guanidine groups is 1. The summed E-state index contributed by atoms with van der Waals surface area (Å²) in [6, 6.07) is 11.9. The fourth-order valence-electron chi connectivity index (χ4n) is 3.60. The molecule has 7 heteroatoms. The van der Waals surface area contributed by atoms with Crippen LogP contribution in [-0.2, 0) is 39.4 Å². The molecule has 0 fully saturated rings. The van der Waals surface area contributed by atoms with Crippen molar-refractivity contribution in [2.45, 2.75) is 46.2 Å². The number of nitrogens with zero attached hydrogens (tertiary/aromatic N) is 3. The van der Waals surface area contributed by atoms with Gasteiger partial charge in [0.1, 0.15) is 11.5 Å². The normalized spacial score (nSPS) is 11.5. The van der Waals surface area contributed by atoms with E-state index in [1.54, 1.807) is 13.4 Å². The van der Waals surface area contributed by atoms with Gasteiger partial charge >= 0.3 is 0 Å². The summed E-state index contributed by atoms with van der Waals surface area (Å²) in [5, 5.41) is 11.6. The highest BCUT2D eigenvalue weighted by molar-refractivity contribution is 5.79. The van der Waals surface area contributed by atoms with Gasteiger partial charge in [-0.25, -0.2) is 4.99 Å². The third kappa shape index (κ3) is 6.13. The third-order valence-corrected chi connectivity index (χ3v) is 5.28. The lowest BCUT2D eigenvalue weighted by Crippen LogP contribution is -2.38. The van der Waals surface area contributed by atoms with E-state index in [1.165, 1.54) is 11.3 Å². The molecule has 0 aliphatic heterocycles. The van der Waals surface area contributed by atoms with Gasteiger partial charge in [0.2, 0.25) is 0 Å². The zero-order valence-corrected chi connectivity index (χ0v) is 18.9. The minimum atomic E-state index is 0.578. The molecule has 31 heavy (non-hydrogen) atoms. The molecule has 2 heterocycles. The first-order valence-electron chi connectivity index (χ1n) is 10.9. The summed E-state index contributed by atoms with van der Waals surface area (Å²) in [6.45, 7) is 6.31. The Hall–Kier alpha value is -3.22. The zero-order valence-electron chi connectivity index (χ0n) is 18.9. The van der Waals surface area contributed by atoms with Gasteiger partial charge in [0.25, 0.3) is 0 Å². The number of nitrogens with one attached hydrogen (secondary N) is 2. The molecule has 0 spiro atoms. The summed E-state index contributed by atoms with van der Waals surface area (Å²) in [5.41, 5.74) is 4.78. The standard InChI is InChI=1S/C24H33N5O2/c1-5-22-21(23(6-2)29(3)28-22)17-27-24(25-14-13-20-8-7-15-31-20)26-16-18-9-11-19(30-4)12-10-18/h7-12,15H,5-6,13-14,16-17H2,1-4H3,(H2,25,26,27). The quantitative estimate of drug-likeness (QED) is 0.385. The fraction of sp³-hybridized carbons (Fsp3) is 0.417. The van der Waals surface area contributed by atoms with Crippen molar-refractivity contribution < 1.29 is 9.15 Å². The average Bonchev–Trinajstić information content (AvgIpc) is 3.42. The number of aromatic nitrogens is 2. The van der Waals surface area contributed by atoms with Crippen LogP contribution >= 0.6 is 0 Å². The van der Waals surface area contributed by atoms with Gasteiger partial charge in [0, 0.05) is 37.8 Å². The topological polar surface area (TPSA) is 76.6 Å². The number of hydrogen-bond acceptors (Lipinski definition) is 4. The van der Waals surface area contributed by atoms with Crippen LogP contribution in [0.5, 0.6) is 5.75 Å². The van der Waals surface area contributed by atoms with Gasteiger partial charge in [-0.15, -0.1) is 0 Å². The third-order valence-electron chi connectivity index (χ3n) is 5.28. The van der Waals surface area contributed by atoms with Gasteiger partial charge < -0.3 is 19.8 Å². The Morgan fingerprint density at radius 1 is 1.13 bits per heavy atom. The lowest BCUT2D eigenvalue weighted by molar-refractivity contribution is 0.414. The van der Waals surface area contributed by atoms with E-state index in [-0.39, 0.29) is 0 Å². The van der Waals surface area contributed by atoms with Crippen molar-refractivity contribution in [3.63, 3.8) is 0 Å². The second-order valence-corrected chi connectivity index (χ2v) is 7.33. The molecule has 0 saturated carbocycles. The highest BCUT2D eigenvalue weighted by atomic mass is 16.5. The van der Waals surface area contributed by atoms with Gasteiger partial charge in [-0.3, -0.25) is 4.68 Å². The maximum Gasteiger partial charge on any atom is 0.191 e. The van der Waals surface area contributed by atoms with Crippen molar-refractivity contribution in [2.24, 2.45) is 12.0 Å². The predicted octanol–water partition coefficient (Wildman–Crippen LogP) is 3.62. The van der Waals surface area contributed by atoms with Crippen LogP contribution in [0, 0.1) is 0 Å². The van der Waals surface area contributed by atoms with Crippen molar-refractivity contribution in [2.75, 3.05) is 13.7 Å². The zero-order chi connectivity index (χ0) is 22.1. The first-order valence-corrected chi connectivity index (χ1v) is 10.9. The van der Waals surface area contributed by atoms with Crippen molar-refractivity contribution in [3.05, 3.63) is 70.9 Å². The summed E-state index contributed by atoms with van der Waals surface area (Å²) in [5.74, 6) is 2.57. The molecule has 3 rings (SSSR count). The lowest BCUT2D eigenvalue weighted by atomic mass is 10.1. The van der Waals surface area contributed by atoms with Gasteiger partial charge in [-0.2, -0.15) is 5.10 Å². The summed E-state index contributed by atoms with van der Waals surface area (Å²) in [4.78, 5) is 4.80. The van der Waals surface area contributed by atoms with Crippen LogP contribution in [0.25, 0.3) is 0 Å². The molecule has 1 aromatic carbocycles. The number of hydrogen-bond donors (Lipinski definition) is 2. The maximum absolute atomic E-state index is 5.44. The molecule has 0 aliphatic carbocycles. The van der Waals surface area contributed by atoms with Crippen LogP contribution < -0.4 is 15.4 Å². The number of aliphatic imine (C=N–C) groups is 1. The summed E-state index contributed by atoms with van der Waals surface area (Å²) < 4.78 is 12.7. The lowest BCUT2D eigenvalue weighted by Gasteiger charge is -2.13. The molecule has 0 saturated heterocycles. The van der Waals surface area contributed by atoms with Crippen LogP contribution in [0.1, 0.15) is 42.1 Å². The number of rotatable bonds is 10. The first kappa shape index (κ1) is 22.5. The molecule has 3 aromatic rings. The van der Waals surface area contributed by atoms with E-state index in [0.29, 0.717) is 13.1 Å². The highest BCUT2D eigenvalue weighted by Crippen LogP contribution is 2.15. The van der Waals surface area contributed by atoms with Crippen LogP contribution in [0.3, 0.4) is 0 Å². The molecule has 2 N–H and O–H groups in total. The van der Waals surface area contributed by atoms with Gasteiger partial charge in [0.15, 0.2) is 5.96 Å². The fourth-order valence-corrected chi connectivity index (χ4v) is 3.60. The largest absolute Gasteiger partial charge is 0.497 e. The molecule has 0 amide bonds. The van der Waals surface area contributed by atoms with Crippen LogP contribution in [-0.4, -0.2) is 29.4 Å². The number of furan rings is 1. The predicted molar refractivity (Wildman–Crippen MR) is 123 cm³/mol. The summed E-state index contributed by atoms with van der Waals surface area (Å²) >= 11 is 0. The second kappa shape index (κ2) is 11.2. The van der Waals surface area contributed by atoms with E-state index in [2.05, 4.69) is 29.6 Å². The molecule has 7 nitrogen and oxygen atoms in total. The average molecular weight is 424 g/mol. The molecule has 166 valence electrons. The van der Waals surface area contributed by atoms with Crippen molar-refractivity contribution in [3.8, 4) is 5.75 Å². The Kier molecular flexibility index (Phi) is 8.15. The van der Waals surface area contributed by atoms with E-state index in [1.807, 2.05) is 48.1 Å². The number of methoxy groups -OCH3 is 1. The molecule has 0 bridgehead atoms. The molecule has 0 unspecified atom stereocenters. The molecule has 2 aromatic heterocycles. The van der Waals surface area contributed by atoms with Crippen LogP contribution in [0.4, 0.5) is 0 Å². The Morgan fingerprint density at radius 3 is 2.58 bits per heavy atom. The Labute approximate surface area is 184 Å². The summed E-state index contributed by atoms with van der Waals surface area (Å²) in [7, 11) is 3.69. The van der Waals surface area contributed by atoms with E-state index in [9.17, 15) is 0 Å². The summed E-state index contributed by atoms with van der Waals surface area (Å²) in [6.07, 6.45) is 4.36. The Morgan fingerprint density at radius 2 is 1.94 bits per heavy atom. The minimum Gasteiger partial charge on any atom is -0.497 e. The molecule has 0 atom stereocenters. The van der Waals surface area contributed by atoms with Crippen molar-refractivity contribution in [1.29, 1.82) is 0 Å². The van der Waals surface area contributed by atoms with Crippen LogP contribution in [0.15, 0.2) is 52.1 Å². The number of benzene rings is 1. The van der Waals surface area contributed by atoms with E-state index in [0.717, 1.165) is 54.5 Å². The van der Waals surface area contributed by atoms with Gasteiger partial charge in [0.05, 0.1) is 25.6 Å². The van der Waals surface area contributed by atoms with E-state index in [4.69, 9.17) is 14.1 Å². The van der Waals surface area contributed by atoms with Gasteiger partial charge in [-0.05, 0) is 42.7 Å². The van der Waals surface area contributed by atoms with Crippen molar-refractivity contribution >= 4 is 5.96 Å². The van der Waals surface area contributed by atoms with Crippen LogP contribution in [0.2, 0.25) is 0 Å². The monoisotopic (exact) mass is 423 g/mol. The molecular formula is C24H33N5O2. The number of ether oxygens (including phenoxy) is 1.